The van der Waals surface area contributed by atoms with Crippen molar-refractivity contribution in [3.05, 3.63) is 47.8 Å². The highest BCUT2D eigenvalue weighted by atomic mass is 19.4. The van der Waals surface area contributed by atoms with E-state index in [9.17, 15) is 18.0 Å². The van der Waals surface area contributed by atoms with Crippen LogP contribution in [0.3, 0.4) is 0 Å². The molecule has 1 unspecified atom stereocenters. The van der Waals surface area contributed by atoms with Crippen LogP contribution in [0.2, 0.25) is 0 Å². The molecule has 0 saturated carbocycles. The molecule has 8 heteroatoms. The van der Waals surface area contributed by atoms with Gasteiger partial charge in [-0.05, 0) is 56.6 Å². The van der Waals surface area contributed by atoms with E-state index in [0.29, 0.717) is 24.6 Å². The smallest absolute Gasteiger partial charge is 0.338 e. The summed E-state index contributed by atoms with van der Waals surface area (Å²) in [5.74, 6) is 0.234. The van der Waals surface area contributed by atoms with Crippen LogP contribution >= 0.6 is 0 Å². The van der Waals surface area contributed by atoms with E-state index in [-0.39, 0.29) is 11.6 Å². The molecule has 3 rings (SSSR count). The average Bonchev–Trinajstić information content (AvgIpc) is 3.12. The fraction of sp³-hybridized carbons (Fsp3) is 0.444. The number of halogens is 3. The molecule has 1 fully saturated rings. The van der Waals surface area contributed by atoms with Crippen LogP contribution in [-0.4, -0.2) is 47.3 Å². The number of aromatic nitrogens is 2. The van der Waals surface area contributed by atoms with Crippen molar-refractivity contribution in [3.8, 4) is 5.69 Å². The van der Waals surface area contributed by atoms with Gasteiger partial charge < -0.3 is 10.2 Å². The Morgan fingerprint density at radius 1 is 1.35 bits per heavy atom. The van der Waals surface area contributed by atoms with Crippen LogP contribution in [-0.2, 0) is 6.18 Å². The molecule has 5 nitrogen and oxygen atoms in total. The molecule has 0 spiro atoms. The highest BCUT2D eigenvalue weighted by Gasteiger charge is 2.35. The van der Waals surface area contributed by atoms with Gasteiger partial charge in [-0.15, -0.1) is 0 Å². The molecule has 1 aromatic carbocycles. The van der Waals surface area contributed by atoms with E-state index in [2.05, 4.69) is 10.4 Å². The van der Waals surface area contributed by atoms with E-state index in [1.54, 1.807) is 17.0 Å². The Bertz CT molecular complexity index is 770. The van der Waals surface area contributed by atoms with Crippen molar-refractivity contribution in [2.24, 2.45) is 5.92 Å². The first-order valence-corrected chi connectivity index (χ1v) is 8.55. The number of hydrogen-bond donors (Lipinski definition) is 1. The number of alkyl halides is 3. The summed E-state index contributed by atoms with van der Waals surface area (Å²) in [6.07, 6.45) is -1.42. The highest BCUT2D eigenvalue weighted by Crippen LogP contribution is 2.30. The summed E-state index contributed by atoms with van der Waals surface area (Å²) in [6.45, 7) is 2.16. The Morgan fingerprint density at radius 2 is 2.15 bits per heavy atom. The van der Waals surface area contributed by atoms with E-state index in [1.165, 1.54) is 12.1 Å². The Balaban J connectivity index is 1.84. The molecular formula is C18H21F3N4O. The minimum atomic E-state index is -4.51. The maximum atomic E-state index is 13.1. The highest BCUT2D eigenvalue weighted by molar-refractivity contribution is 5.94. The number of amides is 1. The second-order valence-electron chi connectivity index (χ2n) is 6.49. The van der Waals surface area contributed by atoms with Crippen molar-refractivity contribution in [3.63, 3.8) is 0 Å². The van der Waals surface area contributed by atoms with Crippen LogP contribution in [0, 0.1) is 5.92 Å². The van der Waals surface area contributed by atoms with Gasteiger partial charge in [0.25, 0.3) is 5.91 Å². The molecule has 1 aliphatic rings. The van der Waals surface area contributed by atoms with E-state index in [1.807, 2.05) is 7.05 Å². The topological polar surface area (TPSA) is 50.2 Å². The average molecular weight is 366 g/mol. The van der Waals surface area contributed by atoms with Crippen LogP contribution in [0.4, 0.5) is 13.2 Å². The van der Waals surface area contributed by atoms with Gasteiger partial charge in [-0.2, -0.15) is 18.3 Å². The molecule has 2 heterocycles. The second kappa shape index (κ2) is 7.49. The van der Waals surface area contributed by atoms with Gasteiger partial charge in [-0.3, -0.25) is 4.79 Å². The van der Waals surface area contributed by atoms with Gasteiger partial charge in [0, 0.05) is 18.7 Å². The molecular weight excluding hydrogens is 345 g/mol. The first kappa shape index (κ1) is 18.4. The van der Waals surface area contributed by atoms with Gasteiger partial charge in [-0.25, -0.2) is 4.68 Å². The predicted octanol–water partition coefficient (Wildman–Crippen LogP) is 2.96. The summed E-state index contributed by atoms with van der Waals surface area (Å²) >= 11 is 0. The summed E-state index contributed by atoms with van der Waals surface area (Å²) in [4.78, 5) is 14.6. The largest absolute Gasteiger partial charge is 0.433 e. The fourth-order valence-corrected chi connectivity index (χ4v) is 3.38. The van der Waals surface area contributed by atoms with E-state index < -0.39 is 11.9 Å². The third-order valence-electron chi connectivity index (χ3n) is 4.57. The number of piperidine rings is 1. The van der Waals surface area contributed by atoms with Crippen LogP contribution < -0.4 is 5.32 Å². The van der Waals surface area contributed by atoms with E-state index in [0.717, 1.165) is 36.3 Å². The first-order valence-electron chi connectivity index (χ1n) is 8.55. The molecule has 0 bridgehead atoms. The van der Waals surface area contributed by atoms with Crippen molar-refractivity contribution < 1.29 is 18.0 Å². The number of nitrogens with zero attached hydrogens (tertiary/aromatic N) is 3. The normalized spacial score (nSPS) is 18.2. The lowest BCUT2D eigenvalue weighted by Crippen LogP contribution is -2.42. The van der Waals surface area contributed by atoms with Crippen molar-refractivity contribution in [1.29, 1.82) is 0 Å². The molecule has 1 N–H and O–H groups in total. The van der Waals surface area contributed by atoms with Crippen LogP contribution in [0.5, 0.6) is 0 Å². The van der Waals surface area contributed by atoms with Crippen molar-refractivity contribution in [2.75, 3.05) is 26.7 Å². The second-order valence-corrected chi connectivity index (χ2v) is 6.49. The van der Waals surface area contributed by atoms with Gasteiger partial charge in [0.15, 0.2) is 0 Å². The molecule has 0 aliphatic carbocycles. The number of carbonyl (C=O) groups is 1. The van der Waals surface area contributed by atoms with Gasteiger partial charge in [0.2, 0.25) is 0 Å². The SMILES string of the molecule is CNCC1CCCN(C(=O)c2cccc(-n3nccc3C(F)(F)F)c2)C1. The van der Waals surface area contributed by atoms with E-state index >= 15 is 0 Å². The maximum absolute atomic E-state index is 13.1. The molecule has 1 amide bonds. The standard InChI is InChI=1S/C18H21F3N4O/c1-22-11-13-4-3-9-24(12-13)17(26)14-5-2-6-15(10-14)25-16(7-8-23-25)18(19,20)21/h2,5-8,10,13,22H,3-4,9,11-12H2,1H3. The third kappa shape index (κ3) is 3.90. The third-order valence-corrected chi connectivity index (χ3v) is 4.57. The zero-order valence-electron chi connectivity index (χ0n) is 14.5. The quantitative estimate of drug-likeness (QED) is 0.905. The monoisotopic (exact) mass is 366 g/mol. The maximum Gasteiger partial charge on any atom is 0.433 e. The Hall–Kier alpha value is -2.35. The Kier molecular flexibility index (Phi) is 5.31. The van der Waals surface area contributed by atoms with Crippen LogP contribution in [0.1, 0.15) is 28.9 Å². The zero-order valence-corrected chi connectivity index (χ0v) is 14.5. The molecule has 1 aromatic heterocycles. The Labute approximate surface area is 149 Å². The lowest BCUT2D eigenvalue weighted by Gasteiger charge is -2.32. The number of likely N-dealkylation sites (tertiary alicyclic amines) is 1. The lowest BCUT2D eigenvalue weighted by molar-refractivity contribution is -0.142. The number of hydrogen-bond acceptors (Lipinski definition) is 3. The van der Waals surface area contributed by atoms with Crippen LogP contribution in [0.25, 0.3) is 5.69 Å². The van der Waals surface area contributed by atoms with Gasteiger partial charge >= 0.3 is 6.18 Å². The first-order chi connectivity index (χ1) is 12.4. The molecule has 140 valence electrons. The number of nitrogens with one attached hydrogen (secondary N) is 1. The molecule has 0 radical (unpaired) electrons. The van der Waals surface area contributed by atoms with Gasteiger partial charge in [0.1, 0.15) is 5.69 Å². The molecule has 1 saturated heterocycles. The lowest BCUT2D eigenvalue weighted by atomic mass is 9.97. The number of carbonyl (C=O) groups excluding carboxylic acids is 1. The summed E-state index contributed by atoms with van der Waals surface area (Å²) < 4.78 is 40.1. The number of benzene rings is 1. The summed E-state index contributed by atoms with van der Waals surface area (Å²) in [5, 5.41) is 6.89. The van der Waals surface area contributed by atoms with Crippen molar-refractivity contribution in [1.82, 2.24) is 20.0 Å². The summed E-state index contributed by atoms with van der Waals surface area (Å²) in [7, 11) is 1.88. The predicted molar refractivity (Wildman–Crippen MR) is 91.1 cm³/mol. The zero-order chi connectivity index (χ0) is 18.7. The summed E-state index contributed by atoms with van der Waals surface area (Å²) in [6, 6.07) is 7.11. The van der Waals surface area contributed by atoms with E-state index in [4.69, 9.17) is 0 Å². The van der Waals surface area contributed by atoms with Gasteiger partial charge in [0.05, 0.1) is 11.9 Å². The Morgan fingerprint density at radius 3 is 2.88 bits per heavy atom. The van der Waals surface area contributed by atoms with Crippen LogP contribution in [0.15, 0.2) is 36.5 Å². The molecule has 2 aromatic rings. The van der Waals surface area contributed by atoms with Gasteiger partial charge in [-0.1, -0.05) is 6.07 Å². The van der Waals surface area contributed by atoms with Crippen molar-refractivity contribution in [2.45, 2.75) is 19.0 Å². The van der Waals surface area contributed by atoms with Crippen molar-refractivity contribution >= 4 is 5.91 Å². The minimum Gasteiger partial charge on any atom is -0.338 e. The molecule has 1 aliphatic heterocycles. The molecule has 26 heavy (non-hydrogen) atoms. The fourth-order valence-electron chi connectivity index (χ4n) is 3.38. The minimum absolute atomic E-state index is 0.159. The molecule has 1 atom stereocenters. The number of rotatable bonds is 4. The summed E-state index contributed by atoms with van der Waals surface area (Å²) in [5.41, 5.74) is -0.276.